The zero-order valence-electron chi connectivity index (χ0n) is 16.3. The van der Waals surface area contributed by atoms with Crippen LogP contribution in [-0.4, -0.2) is 34.6 Å². The fourth-order valence-electron chi connectivity index (χ4n) is 4.15. The molecule has 0 radical (unpaired) electrons. The van der Waals surface area contributed by atoms with Crippen LogP contribution in [-0.2, 0) is 11.2 Å². The number of likely N-dealkylation sites (tertiary alicyclic amines) is 1. The number of nitriles is 1. The Labute approximate surface area is 174 Å². The van der Waals surface area contributed by atoms with Crippen LogP contribution in [0.3, 0.4) is 0 Å². The summed E-state index contributed by atoms with van der Waals surface area (Å²) >= 11 is 0. The van der Waals surface area contributed by atoms with Crippen molar-refractivity contribution in [3.8, 4) is 17.2 Å². The van der Waals surface area contributed by atoms with Gasteiger partial charge in [0.2, 0.25) is 5.91 Å². The minimum Gasteiger partial charge on any atom is -0.394 e. The van der Waals surface area contributed by atoms with E-state index < -0.39 is 12.1 Å². The second kappa shape index (κ2) is 8.48. The van der Waals surface area contributed by atoms with E-state index in [4.69, 9.17) is 0 Å². The second-order valence-corrected chi connectivity index (χ2v) is 7.44. The average Bonchev–Trinajstić information content (AvgIpc) is 2.75. The van der Waals surface area contributed by atoms with Gasteiger partial charge in [0.1, 0.15) is 11.9 Å². The van der Waals surface area contributed by atoms with Crippen molar-refractivity contribution >= 4 is 5.91 Å². The van der Waals surface area contributed by atoms with Gasteiger partial charge in [0.05, 0.1) is 25.1 Å². The SMILES string of the molecule is N#C[C@H]1[C@@H](c2ccc(-c3ccc(F)cc3)cc2)[C@@H](CO)N1C(=O)Cc1ccccc1. The molecule has 150 valence electrons. The van der Waals surface area contributed by atoms with Crippen LogP contribution in [0.25, 0.3) is 11.1 Å². The molecule has 3 aromatic carbocycles. The Bertz CT molecular complexity index is 1060. The van der Waals surface area contributed by atoms with E-state index in [2.05, 4.69) is 6.07 Å². The Morgan fingerprint density at radius 2 is 1.57 bits per heavy atom. The summed E-state index contributed by atoms with van der Waals surface area (Å²) in [5.74, 6) is -0.694. The van der Waals surface area contributed by atoms with Crippen molar-refractivity contribution in [2.45, 2.75) is 24.4 Å². The monoisotopic (exact) mass is 400 g/mol. The zero-order valence-corrected chi connectivity index (χ0v) is 16.3. The highest BCUT2D eigenvalue weighted by Crippen LogP contribution is 2.41. The highest BCUT2D eigenvalue weighted by atomic mass is 19.1. The van der Waals surface area contributed by atoms with Crippen molar-refractivity contribution in [3.63, 3.8) is 0 Å². The van der Waals surface area contributed by atoms with Crippen LogP contribution >= 0.6 is 0 Å². The Kier molecular flexibility index (Phi) is 5.60. The Morgan fingerprint density at radius 3 is 2.13 bits per heavy atom. The smallest absolute Gasteiger partial charge is 0.228 e. The van der Waals surface area contributed by atoms with E-state index in [0.717, 1.165) is 22.3 Å². The number of aliphatic hydroxyl groups is 1. The minimum absolute atomic E-state index is 0.161. The van der Waals surface area contributed by atoms with Gasteiger partial charge in [-0.2, -0.15) is 5.26 Å². The third-order valence-electron chi connectivity index (χ3n) is 5.69. The Hall–Kier alpha value is -3.49. The number of amides is 1. The van der Waals surface area contributed by atoms with E-state index in [1.807, 2.05) is 54.6 Å². The van der Waals surface area contributed by atoms with Crippen LogP contribution in [0.4, 0.5) is 4.39 Å². The molecule has 3 atom stereocenters. The Morgan fingerprint density at radius 1 is 0.967 bits per heavy atom. The lowest BCUT2D eigenvalue weighted by Crippen LogP contribution is -2.65. The summed E-state index contributed by atoms with van der Waals surface area (Å²) in [7, 11) is 0. The van der Waals surface area contributed by atoms with Crippen molar-refractivity contribution in [2.75, 3.05) is 6.61 Å². The number of carbonyl (C=O) groups is 1. The van der Waals surface area contributed by atoms with Gasteiger partial charge in [-0.05, 0) is 34.4 Å². The first-order valence-corrected chi connectivity index (χ1v) is 9.84. The molecule has 3 aromatic rings. The quantitative estimate of drug-likeness (QED) is 0.706. The standard InChI is InChI=1S/C25H21FN2O2/c26-21-12-10-19(11-13-21)18-6-8-20(9-7-18)25-22(15-27)28(23(25)16-29)24(30)14-17-4-2-1-3-5-17/h1-13,22-23,25,29H,14,16H2/t22-,23+,25+/m0/s1. The minimum atomic E-state index is -0.616. The number of hydrogen-bond acceptors (Lipinski definition) is 3. The van der Waals surface area contributed by atoms with E-state index in [9.17, 15) is 19.6 Å². The molecule has 0 saturated carbocycles. The maximum atomic E-state index is 13.1. The normalized spacial score (nSPS) is 20.3. The Balaban J connectivity index is 1.53. The molecule has 5 heteroatoms. The first-order chi connectivity index (χ1) is 14.6. The maximum Gasteiger partial charge on any atom is 0.228 e. The summed E-state index contributed by atoms with van der Waals surface area (Å²) in [4.78, 5) is 14.3. The largest absolute Gasteiger partial charge is 0.394 e. The van der Waals surface area contributed by atoms with E-state index in [1.54, 1.807) is 12.1 Å². The molecule has 1 N–H and O–H groups in total. The van der Waals surface area contributed by atoms with Crippen LogP contribution in [0.15, 0.2) is 78.9 Å². The molecule has 0 aromatic heterocycles. The van der Waals surface area contributed by atoms with E-state index in [0.29, 0.717) is 0 Å². The lowest BCUT2D eigenvalue weighted by atomic mass is 9.75. The molecule has 1 heterocycles. The van der Waals surface area contributed by atoms with Crippen molar-refractivity contribution < 1.29 is 14.3 Å². The summed E-state index contributed by atoms with van der Waals surface area (Å²) in [5.41, 5.74) is 3.61. The number of benzene rings is 3. The van der Waals surface area contributed by atoms with E-state index >= 15 is 0 Å². The highest BCUT2D eigenvalue weighted by molar-refractivity contribution is 5.81. The van der Waals surface area contributed by atoms with Gasteiger partial charge in [0, 0.05) is 5.92 Å². The van der Waals surface area contributed by atoms with Gasteiger partial charge < -0.3 is 10.0 Å². The summed E-state index contributed by atoms with van der Waals surface area (Å²) in [5, 5.41) is 19.7. The predicted octanol–water partition coefficient (Wildman–Crippen LogP) is 3.91. The molecule has 1 aliphatic heterocycles. The molecule has 0 spiro atoms. The number of carbonyl (C=O) groups excluding carboxylic acids is 1. The lowest BCUT2D eigenvalue weighted by molar-refractivity contribution is -0.146. The lowest BCUT2D eigenvalue weighted by Gasteiger charge is -2.51. The third-order valence-corrected chi connectivity index (χ3v) is 5.69. The van der Waals surface area contributed by atoms with Gasteiger partial charge in [-0.1, -0.05) is 66.7 Å². The molecule has 1 saturated heterocycles. The van der Waals surface area contributed by atoms with E-state index in [1.165, 1.54) is 17.0 Å². The number of nitrogens with zero attached hydrogens (tertiary/aromatic N) is 2. The number of aliphatic hydroxyl groups excluding tert-OH is 1. The molecule has 0 aliphatic carbocycles. The summed E-state index contributed by atoms with van der Waals surface area (Å²) < 4.78 is 13.1. The van der Waals surface area contributed by atoms with Gasteiger partial charge in [-0.3, -0.25) is 4.79 Å². The summed E-state index contributed by atoms with van der Waals surface area (Å²) in [6.45, 7) is -0.205. The zero-order chi connectivity index (χ0) is 21.1. The van der Waals surface area contributed by atoms with Crippen LogP contribution in [0.2, 0.25) is 0 Å². The first kappa shape index (κ1) is 19.8. The summed E-state index contributed by atoms with van der Waals surface area (Å²) in [6, 6.07) is 24.5. The molecule has 4 nitrogen and oxygen atoms in total. The van der Waals surface area contributed by atoms with Crippen LogP contribution in [0.1, 0.15) is 17.0 Å². The predicted molar refractivity (Wildman–Crippen MR) is 112 cm³/mol. The topological polar surface area (TPSA) is 64.3 Å². The van der Waals surface area contributed by atoms with Gasteiger partial charge in [-0.25, -0.2) is 4.39 Å². The van der Waals surface area contributed by atoms with Gasteiger partial charge in [-0.15, -0.1) is 0 Å². The second-order valence-electron chi connectivity index (χ2n) is 7.44. The van der Waals surface area contributed by atoms with Crippen molar-refractivity contribution in [1.82, 2.24) is 4.90 Å². The number of hydrogen-bond donors (Lipinski definition) is 1. The molecule has 30 heavy (non-hydrogen) atoms. The van der Waals surface area contributed by atoms with Crippen molar-refractivity contribution in [1.29, 1.82) is 5.26 Å². The average molecular weight is 400 g/mol. The first-order valence-electron chi connectivity index (χ1n) is 9.84. The van der Waals surface area contributed by atoms with Crippen LogP contribution in [0, 0.1) is 17.1 Å². The van der Waals surface area contributed by atoms with Crippen LogP contribution < -0.4 is 0 Å². The molecular formula is C25H21FN2O2. The molecular weight excluding hydrogens is 379 g/mol. The molecule has 0 unspecified atom stereocenters. The summed E-state index contributed by atoms with van der Waals surface area (Å²) in [6.07, 6.45) is 0.200. The molecule has 1 aliphatic rings. The number of rotatable bonds is 5. The molecule has 4 rings (SSSR count). The number of halogens is 1. The fourth-order valence-corrected chi connectivity index (χ4v) is 4.15. The van der Waals surface area contributed by atoms with E-state index in [-0.39, 0.29) is 30.7 Å². The van der Waals surface area contributed by atoms with Gasteiger partial charge in [0.15, 0.2) is 0 Å². The molecule has 1 amide bonds. The maximum absolute atomic E-state index is 13.1. The van der Waals surface area contributed by atoms with Crippen molar-refractivity contribution in [3.05, 3.63) is 95.8 Å². The van der Waals surface area contributed by atoms with Gasteiger partial charge >= 0.3 is 0 Å². The highest BCUT2D eigenvalue weighted by Gasteiger charge is 2.51. The molecule has 1 fully saturated rings. The van der Waals surface area contributed by atoms with Crippen molar-refractivity contribution in [2.24, 2.45) is 0 Å². The third kappa shape index (κ3) is 3.70. The van der Waals surface area contributed by atoms with Gasteiger partial charge in [0.25, 0.3) is 0 Å². The fraction of sp³-hybridized carbons (Fsp3) is 0.200. The molecule has 0 bridgehead atoms. The van der Waals surface area contributed by atoms with Crippen LogP contribution in [0.5, 0.6) is 0 Å².